The molecule has 3 rings (SSSR count). The molecular formula is C27H33F3N2. The van der Waals surface area contributed by atoms with Gasteiger partial charge in [-0.1, -0.05) is 64.5 Å². The first kappa shape index (κ1) is 25.4. The van der Waals surface area contributed by atoms with E-state index in [1.54, 1.807) is 13.1 Å². The highest BCUT2D eigenvalue weighted by Gasteiger charge is 2.34. The molecule has 0 radical (unpaired) electrons. The first-order valence-corrected chi connectivity index (χ1v) is 11.3. The van der Waals surface area contributed by atoms with Crippen molar-refractivity contribution in [1.82, 2.24) is 9.55 Å². The molecule has 0 aliphatic heterocycles. The fourth-order valence-corrected chi connectivity index (χ4v) is 3.93. The Bertz CT molecular complexity index is 1130. The number of pyridine rings is 1. The Hall–Kier alpha value is -2.82. The SMILES string of the molecule is C=C/C(=C\C(=C(/CC)CCCC)C(F)(F)F)c1ccc2c3cnccc3n(C)c2c1.CC. The van der Waals surface area contributed by atoms with E-state index >= 15 is 0 Å². The molecule has 0 atom stereocenters. The Labute approximate surface area is 189 Å². The normalized spacial score (nSPS) is 13.1. The van der Waals surface area contributed by atoms with E-state index in [0.717, 1.165) is 34.6 Å². The van der Waals surface area contributed by atoms with Crippen molar-refractivity contribution in [2.45, 2.75) is 59.6 Å². The van der Waals surface area contributed by atoms with Gasteiger partial charge in [0.15, 0.2) is 0 Å². The molecule has 0 saturated carbocycles. The van der Waals surface area contributed by atoms with Gasteiger partial charge in [-0.25, -0.2) is 0 Å². The van der Waals surface area contributed by atoms with Crippen LogP contribution in [0.5, 0.6) is 0 Å². The third-order valence-corrected chi connectivity index (χ3v) is 5.61. The Morgan fingerprint density at radius 1 is 1.09 bits per heavy atom. The monoisotopic (exact) mass is 442 g/mol. The fourth-order valence-electron chi connectivity index (χ4n) is 3.93. The second-order valence-corrected chi connectivity index (χ2v) is 7.46. The van der Waals surface area contributed by atoms with Gasteiger partial charge in [0.2, 0.25) is 0 Å². The van der Waals surface area contributed by atoms with Gasteiger partial charge in [-0.3, -0.25) is 4.98 Å². The molecular weight excluding hydrogens is 409 g/mol. The van der Waals surface area contributed by atoms with Crippen LogP contribution in [0.2, 0.25) is 0 Å². The van der Waals surface area contributed by atoms with Crippen LogP contribution in [0.1, 0.15) is 58.9 Å². The highest BCUT2D eigenvalue weighted by Crippen LogP contribution is 2.36. The maximum Gasteiger partial charge on any atom is 0.416 e. The van der Waals surface area contributed by atoms with Crippen molar-refractivity contribution in [3.63, 3.8) is 0 Å². The lowest BCUT2D eigenvalue weighted by Crippen LogP contribution is -2.13. The maximum absolute atomic E-state index is 13.9. The lowest BCUT2D eigenvalue weighted by atomic mass is 9.95. The first-order chi connectivity index (χ1) is 15.3. The predicted molar refractivity (Wildman–Crippen MR) is 131 cm³/mol. The molecule has 0 spiro atoms. The zero-order valence-electron chi connectivity index (χ0n) is 19.7. The van der Waals surface area contributed by atoms with E-state index in [2.05, 4.69) is 11.6 Å². The molecule has 0 bridgehead atoms. The summed E-state index contributed by atoms with van der Waals surface area (Å²) in [6.07, 6.45) is 4.35. The molecule has 0 saturated heterocycles. The second-order valence-electron chi connectivity index (χ2n) is 7.46. The number of alkyl halides is 3. The molecule has 0 amide bonds. The molecule has 3 aromatic rings. The quantitative estimate of drug-likeness (QED) is 0.334. The number of aromatic nitrogens is 2. The van der Waals surface area contributed by atoms with Crippen LogP contribution in [0.15, 0.2) is 66.5 Å². The Balaban J connectivity index is 0.00000176. The molecule has 5 heteroatoms. The molecule has 1 aromatic carbocycles. The molecule has 0 N–H and O–H groups in total. The van der Waals surface area contributed by atoms with E-state index in [1.165, 1.54) is 12.2 Å². The summed E-state index contributed by atoms with van der Waals surface area (Å²) in [7, 11) is 1.95. The van der Waals surface area contributed by atoms with Crippen LogP contribution in [0.3, 0.4) is 0 Å². The molecule has 0 aliphatic rings. The number of halogens is 3. The van der Waals surface area contributed by atoms with E-state index < -0.39 is 11.7 Å². The van der Waals surface area contributed by atoms with Crippen LogP contribution in [0, 0.1) is 0 Å². The third-order valence-electron chi connectivity index (χ3n) is 5.61. The standard InChI is InChI=1S/C25H27F3N2.C2H6/c1-5-8-9-17(6-2)22(25(26,27)28)14-18(7-3)19-10-11-20-21-16-29-13-12-23(21)30(4)24(20)15-19;1-2/h7,10-16H,3,5-6,8-9H2,1-2,4H3;1-2H3/b18-14+,22-17-;. The molecule has 2 aromatic heterocycles. The van der Waals surface area contributed by atoms with Crippen molar-refractivity contribution >= 4 is 27.4 Å². The largest absolute Gasteiger partial charge is 0.416 e. The highest BCUT2D eigenvalue weighted by atomic mass is 19.4. The Kier molecular flexibility index (Phi) is 8.88. The number of hydrogen-bond acceptors (Lipinski definition) is 1. The van der Waals surface area contributed by atoms with Gasteiger partial charge in [-0.2, -0.15) is 13.2 Å². The van der Waals surface area contributed by atoms with Gasteiger partial charge in [-0.05, 0) is 48.6 Å². The minimum absolute atomic E-state index is 0.380. The lowest BCUT2D eigenvalue weighted by Gasteiger charge is -2.16. The van der Waals surface area contributed by atoms with Crippen LogP contribution < -0.4 is 0 Å². The average Bonchev–Trinajstić information content (AvgIpc) is 3.08. The van der Waals surface area contributed by atoms with Crippen molar-refractivity contribution in [3.05, 3.63) is 72.1 Å². The lowest BCUT2D eigenvalue weighted by molar-refractivity contribution is -0.0892. The predicted octanol–water partition coefficient (Wildman–Crippen LogP) is 8.78. The topological polar surface area (TPSA) is 17.8 Å². The van der Waals surface area contributed by atoms with Crippen LogP contribution >= 0.6 is 0 Å². The van der Waals surface area contributed by atoms with Gasteiger partial charge in [-0.15, -0.1) is 0 Å². The van der Waals surface area contributed by atoms with Gasteiger partial charge < -0.3 is 4.57 Å². The number of unbranched alkanes of at least 4 members (excludes halogenated alkanes) is 1. The minimum atomic E-state index is -4.40. The molecule has 0 unspecified atom stereocenters. The summed E-state index contributed by atoms with van der Waals surface area (Å²) in [4.78, 5) is 4.20. The van der Waals surface area contributed by atoms with E-state index in [0.29, 0.717) is 29.6 Å². The summed E-state index contributed by atoms with van der Waals surface area (Å²) >= 11 is 0. The van der Waals surface area contributed by atoms with Crippen molar-refractivity contribution in [2.24, 2.45) is 7.05 Å². The molecule has 32 heavy (non-hydrogen) atoms. The van der Waals surface area contributed by atoms with Gasteiger partial charge in [0.25, 0.3) is 0 Å². The van der Waals surface area contributed by atoms with Crippen molar-refractivity contribution < 1.29 is 13.2 Å². The van der Waals surface area contributed by atoms with E-state index in [-0.39, 0.29) is 0 Å². The summed E-state index contributed by atoms with van der Waals surface area (Å²) in [5.41, 5.74) is 3.06. The molecule has 0 fully saturated rings. The van der Waals surface area contributed by atoms with Crippen molar-refractivity contribution in [3.8, 4) is 0 Å². The van der Waals surface area contributed by atoms with Crippen molar-refractivity contribution in [2.75, 3.05) is 0 Å². The summed E-state index contributed by atoms with van der Waals surface area (Å²) in [6, 6.07) is 7.66. The summed E-state index contributed by atoms with van der Waals surface area (Å²) < 4.78 is 43.8. The first-order valence-electron chi connectivity index (χ1n) is 11.3. The molecule has 0 aliphatic carbocycles. The zero-order valence-corrected chi connectivity index (χ0v) is 19.7. The number of nitrogens with zero attached hydrogens (tertiary/aromatic N) is 2. The smallest absolute Gasteiger partial charge is 0.343 e. The number of rotatable bonds is 7. The highest BCUT2D eigenvalue weighted by molar-refractivity contribution is 6.08. The summed E-state index contributed by atoms with van der Waals surface area (Å²) in [5, 5.41) is 2.05. The zero-order chi connectivity index (χ0) is 23.9. The van der Waals surface area contributed by atoms with E-state index in [4.69, 9.17) is 0 Å². The van der Waals surface area contributed by atoms with Gasteiger partial charge in [0.05, 0.1) is 11.1 Å². The van der Waals surface area contributed by atoms with Gasteiger partial charge >= 0.3 is 6.18 Å². The van der Waals surface area contributed by atoms with Gasteiger partial charge in [0, 0.05) is 35.7 Å². The fraction of sp³-hybridized carbons (Fsp3) is 0.370. The number of hydrogen-bond donors (Lipinski definition) is 0. The van der Waals surface area contributed by atoms with Crippen molar-refractivity contribution in [1.29, 1.82) is 0 Å². The molecule has 172 valence electrons. The number of allylic oxidation sites excluding steroid dienone is 5. The number of aryl methyl sites for hydroxylation is 1. The van der Waals surface area contributed by atoms with E-state index in [1.807, 2.05) is 62.8 Å². The summed E-state index contributed by atoms with van der Waals surface area (Å²) in [6.45, 7) is 11.6. The third kappa shape index (κ3) is 5.32. The molecule has 2 nitrogen and oxygen atoms in total. The average molecular weight is 443 g/mol. The Morgan fingerprint density at radius 3 is 2.41 bits per heavy atom. The second kappa shape index (κ2) is 11.2. The maximum atomic E-state index is 13.9. The van der Waals surface area contributed by atoms with Crippen LogP contribution in [0.4, 0.5) is 13.2 Å². The van der Waals surface area contributed by atoms with Crippen LogP contribution in [0.25, 0.3) is 27.4 Å². The molecule has 2 heterocycles. The summed E-state index contributed by atoms with van der Waals surface area (Å²) in [5.74, 6) is 0. The van der Waals surface area contributed by atoms with Crippen LogP contribution in [-0.2, 0) is 7.05 Å². The number of benzene rings is 1. The number of fused-ring (bicyclic) bond motifs is 3. The minimum Gasteiger partial charge on any atom is -0.343 e. The van der Waals surface area contributed by atoms with Crippen LogP contribution in [-0.4, -0.2) is 15.7 Å². The Morgan fingerprint density at radius 2 is 1.81 bits per heavy atom. The van der Waals surface area contributed by atoms with E-state index in [9.17, 15) is 13.2 Å². The van der Waals surface area contributed by atoms with Gasteiger partial charge in [0.1, 0.15) is 0 Å².